The molecular weight excluding hydrogens is 412 g/mol. The first kappa shape index (κ1) is 21.4. The molecule has 0 aliphatic heterocycles. The van der Waals surface area contributed by atoms with Gasteiger partial charge in [-0.3, -0.25) is 9.59 Å². The molecule has 6 nitrogen and oxygen atoms in total. The van der Waals surface area contributed by atoms with Crippen LogP contribution in [0.1, 0.15) is 48.3 Å². The Morgan fingerprint density at radius 2 is 1.90 bits per heavy atom. The lowest BCUT2D eigenvalue weighted by atomic mass is 9.89. The fraction of sp³-hybridized carbons (Fsp3) is 0.375. The lowest BCUT2D eigenvalue weighted by Crippen LogP contribution is -2.33. The highest BCUT2D eigenvalue weighted by Gasteiger charge is 2.20. The minimum absolute atomic E-state index is 0.165. The topological polar surface area (TPSA) is 76.0 Å². The summed E-state index contributed by atoms with van der Waals surface area (Å²) in [5.74, 6) is 0.974. The number of hydrogen-bond donors (Lipinski definition) is 2. The van der Waals surface area contributed by atoms with E-state index in [0.29, 0.717) is 29.2 Å². The fourth-order valence-corrected chi connectivity index (χ4v) is 4.42. The molecule has 1 aliphatic rings. The van der Waals surface area contributed by atoms with Crippen molar-refractivity contribution in [1.82, 2.24) is 14.9 Å². The Balaban J connectivity index is 1.41. The van der Waals surface area contributed by atoms with Gasteiger partial charge in [0.15, 0.2) is 0 Å². The standard InChI is InChI=1S/C24H27ClN4O2/c1-29-21-12-11-17(27-24(31)18-9-5-6-10-19(18)25)15-20(21)28-22(29)13-14-26-23(30)16-7-3-2-4-8-16/h5-6,9-12,15-16H,2-4,7-8,13-14H2,1H3,(H,26,30)(H,27,31). The summed E-state index contributed by atoms with van der Waals surface area (Å²) in [5.41, 5.74) is 2.87. The molecule has 0 bridgehead atoms. The van der Waals surface area contributed by atoms with E-state index in [0.717, 1.165) is 42.5 Å². The number of carbonyl (C=O) groups excluding carboxylic acids is 2. The van der Waals surface area contributed by atoms with E-state index in [1.807, 2.05) is 29.8 Å². The minimum Gasteiger partial charge on any atom is -0.355 e. The van der Waals surface area contributed by atoms with Crippen LogP contribution in [-0.4, -0.2) is 27.9 Å². The number of anilines is 1. The zero-order valence-electron chi connectivity index (χ0n) is 17.7. The van der Waals surface area contributed by atoms with Crippen molar-refractivity contribution < 1.29 is 9.59 Å². The van der Waals surface area contributed by atoms with Gasteiger partial charge in [0, 0.05) is 31.6 Å². The zero-order chi connectivity index (χ0) is 21.8. The Bertz CT molecular complexity index is 1100. The van der Waals surface area contributed by atoms with E-state index in [1.165, 1.54) is 6.42 Å². The average molecular weight is 439 g/mol. The normalized spacial score (nSPS) is 14.5. The molecular formula is C24H27ClN4O2. The molecule has 2 aromatic carbocycles. The zero-order valence-corrected chi connectivity index (χ0v) is 18.4. The summed E-state index contributed by atoms with van der Waals surface area (Å²) in [6, 6.07) is 12.6. The van der Waals surface area contributed by atoms with Crippen molar-refractivity contribution in [2.24, 2.45) is 13.0 Å². The Hall–Kier alpha value is -2.86. The number of benzene rings is 2. The number of aromatic nitrogens is 2. The van der Waals surface area contributed by atoms with Gasteiger partial charge in [-0.15, -0.1) is 0 Å². The number of nitrogens with one attached hydrogen (secondary N) is 2. The molecule has 1 saturated carbocycles. The highest BCUT2D eigenvalue weighted by Crippen LogP contribution is 2.24. The van der Waals surface area contributed by atoms with Crippen molar-refractivity contribution in [2.45, 2.75) is 38.5 Å². The van der Waals surface area contributed by atoms with Gasteiger partial charge in [0.1, 0.15) is 5.82 Å². The number of aryl methyl sites for hydroxylation is 1. The van der Waals surface area contributed by atoms with Crippen molar-refractivity contribution in [1.29, 1.82) is 0 Å². The van der Waals surface area contributed by atoms with Gasteiger partial charge in [0.2, 0.25) is 5.91 Å². The number of rotatable bonds is 6. The fourth-order valence-electron chi connectivity index (χ4n) is 4.20. The summed E-state index contributed by atoms with van der Waals surface area (Å²) in [6.07, 6.45) is 6.20. The molecule has 1 aromatic heterocycles. The van der Waals surface area contributed by atoms with Gasteiger partial charge >= 0.3 is 0 Å². The lowest BCUT2D eigenvalue weighted by molar-refractivity contribution is -0.125. The van der Waals surface area contributed by atoms with Crippen LogP contribution in [0.5, 0.6) is 0 Å². The van der Waals surface area contributed by atoms with Crippen LogP contribution in [0.4, 0.5) is 5.69 Å². The Kier molecular flexibility index (Phi) is 6.56. The second-order valence-corrected chi connectivity index (χ2v) is 8.51. The van der Waals surface area contributed by atoms with E-state index in [2.05, 4.69) is 10.6 Å². The molecule has 2 amide bonds. The molecule has 2 N–H and O–H groups in total. The molecule has 0 radical (unpaired) electrons. The van der Waals surface area contributed by atoms with Crippen LogP contribution in [0.3, 0.4) is 0 Å². The summed E-state index contributed by atoms with van der Waals surface area (Å²) < 4.78 is 2.03. The average Bonchev–Trinajstić information content (AvgIpc) is 3.09. The summed E-state index contributed by atoms with van der Waals surface area (Å²) >= 11 is 6.12. The van der Waals surface area contributed by atoms with E-state index in [1.54, 1.807) is 24.3 Å². The highest BCUT2D eigenvalue weighted by molar-refractivity contribution is 6.34. The van der Waals surface area contributed by atoms with Crippen molar-refractivity contribution in [2.75, 3.05) is 11.9 Å². The molecule has 4 rings (SSSR count). The summed E-state index contributed by atoms with van der Waals surface area (Å²) in [4.78, 5) is 29.6. The maximum Gasteiger partial charge on any atom is 0.257 e. The van der Waals surface area contributed by atoms with E-state index in [-0.39, 0.29) is 17.7 Å². The second kappa shape index (κ2) is 9.52. The molecule has 3 aromatic rings. The molecule has 0 saturated heterocycles. The third kappa shape index (κ3) is 4.90. The van der Waals surface area contributed by atoms with Crippen LogP contribution in [0.15, 0.2) is 42.5 Å². The second-order valence-electron chi connectivity index (χ2n) is 8.10. The van der Waals surface area contributed by atoms with Gasteiger partial charge < -0.3 is 15.2 Å². The lowest BCUT2D eigenvalue weighted by Gasteiger charge is -2.20. The number of halogens is 1. The predicted octanol–water partition coefficient (Wildman–Crippen LogP) is 4.72. The summed E-state index contributed by atoms with van der Waals surface area (Å²) in [7, 11) is 1.97. The molecule has 31 heavy (non-hydrogen) atoms. The SMILES string of the molecule is Cn1c(CCNC(=O)C2CCCCC2)nc2cc(NC(=O)c3ccccc3Cl)ccc21. The van der Waals surface area contributed by atoms with Gasteiger partial charge in [-0.1, -0.05) is 43.0 Å². The van der Waals surface area contributed by atoms with E-state index in [4.69, 9.17) is 16.6 Å². The van der Waals surface area contributed by atoms with Crippen LogP contribution in [-0.2, 0) is 18.3 Å². The van der Waals surface area contributed by atoms with Crippen molar-refractivity contribution >= 4 is 40.1 Å². The van der Waals surface area contributed by atoms with Crippen LogP contribution in [0, 0.1) is 5.92 Å². The molecule has 1 aliphatic carbocycles. The first-order valence-corrected chi connectivity index (χ1v) is 11.2. The number of fused-ring (bicyclic) bond motifs is 1. The molecule has 1 heterocycles. The molecule has 0 spiro atoms. The Morgan fingerprint density at radius 3 is 2.68 bits per heavy atom. The van der Waals surface area contributed by atoms with Crippen LogP contribution in [0.25, 0.3) is 11.0 Å². The molecule has 1 fully saturated rings. The van der Waals surface area contributed by atoms with Gasteiger partial charge in [0.05, 0.1) is 21.6 Å². The van der Waals surface area contributed by atoms with Gasteiger partial charge in [0.25, 0.3) is 5.91 Å². The number of imidazole rings is 1. The Morgan fingerprint density at radius 1 is 1.13 bits per heavy atom. The van der Waals surface area contributed by atoms with E-state index < -0.39 is 0 Å². The largest absolute Gasteiger partial charge is 0.355 e. The molecule has 7 heteroatoms. The van der Waals surface area contributed by atoms with Crippen LogP contribution >= 0.6 is 11.6 Å². The predicted molar refractivity (Wildman–Crippen MR) is 123 cm³/mol. The van der Waals surface area contributed by atoms with E-state index >= 15 is 0 Å². The minimum atomic E-state index is -0.258. The Labute approximate surface area is 187 Å². The van der Waals surface area contributed by atoms with Gasteiger partial charge in [-0.2, -0.15) is 0 Å². The molecule has 0 unspecified atom stereocenters. The summed E-state index contributed by atoms with van der Waals surface area (Å²) in [5, 5.41) is 6.37. The number of nitrogens with zero attached hydrogens (tertiary/aromatic N) is 2. The van der Waals surface area contributed by atoms with Crippen molar-refractivity contribution in [3.8, 4) is 0 Å². The van der Waals surface area contributed by atoms with Crippen LogP contribution in [0.2, 0.25) is 5.02 Å². The van der Waals surface area contributed by atoms with Crippen molar-refractivity contribution in [3.63, 3.8) is 0 Å². The number of amides is 2. The quantitative estimate of drug-likeness (QED) is 0.584. The number of carbonyl (C=O) groups is 2. The number of hydrogen-bond acceptors (Lipinski definition) is 3. The molecule has 162 valence electrons. The monoisotopic (exact) mass is 438 g/mol. The molecule has 0 atom stereocenters. The van der Waals surface area contributed by atoms with Gasteiger partial charge in [-0.05, 0) is 43.2 Å². The third-order valence-corrected chi connectivity index (χ3v) is 6.30. The van der Waals surface area contributed by atoms with Crippen LogP contribution < -0.4 is 10.6 Å². The highest BCUT2D eigenvalue weighted by atomic mass is 35.5. The first-order valence-electron chi connectivity index (χ1n) is 10.8. The summed E-state index contributed by atoms with van der Waals surface area (Å²) in [6.45, 7) is 0.572. The van der Waals surface area contributed by atoms with E-state index in [9.17, 15) is 9.59 Å². The van der Waals surface area contributed by atoms with Crippen molar-refractivity contribution in [3.05, 3.63) is 58.9 Å². The van der Waals surface area contributed by atoms with Gasteiger partial charge in [-0.25, -0.2) is 4.98 Å². The smallest absolute Gasteiger partial charge is 0.257 e. The maximum absolute atomic E-state index is 12.5. The first-order chi connectivity index (χ1) is 15.0. The maximum atomic E-state index is 12.5. The third-order valence-electron chi connectivity index (χ3n) is 5.97.